The van der Waals surface area contributed by atoms with Crippen molar-refractivity contribution in [3.05, 3.63) is 56.8 Å². The van der Waals surface area contributed by atoms with Crippen molar-refractivity contribution in [1.29, 1.82) is 0 Å². The van der Waals surface area contributed by atoms with E-state index in [0.29, 0.717) is 47.3 Å². The maximum Gasteiger partial charge on any atom is 0.291 e. The Kier molecular flexibility index (Phi) is 6.68. The topological polar surface area (TPSA) is 96.2 Å². The average molecular weight is 496 g/mol. The molecule has 0 unspecified atom stereocenters. The van der Waals surface area contributed by atoms with Gasteiger partial charge in [0.05, 0.1) is 6.54 Å². The molecule has 1 aromatic carbocycles. The number of aromatic nitrogens is 4. The number of fused-ring (bicyclic) bond motifs is 1. The standard InChI is InChI=1S/C20H20ClF2N7O2S/c1-28(2)10-12-14(17(31)24-20-26-25-18(33-20)16(22)23)27-30-8-7-29(19(32)15(12)30)9-11-5-3-4-6-13(11)21/h3-6,16H,7-10H2,1-2H3,(H,24,26,31). The van der Waals surface area contributed by atoms with Gasteiger partial charge in [0, 0.05) is 30.2 Å². The van der Waals surface area contributed by atoms with Gasteiger partial charge in [0.1, 0.15) is 5.69 Å². The van der Waals surface area contributed by atoms with Crippen LogP contribution in [0.1, 0.15) is 43.5 Å². The fourth-order valence-corrected chi connectivity index (χ4v) is 4.32. The summed E-state index contributed by atoms with van der Waals surface area (Å²) in [6.07, 6.45) is -2.78. The van der Waals surface area contributed by atoms with Gasteiger partial charge in [-0.25, -0.2) is 8.78 Å². The van der Waals surface area contributed by atoms with Crippen molar-refractivity contribution in [1.82, 2.24) is 29.8 Å². The number of halogens is 3. The molecule has 3 heterocycles. The number of carbonyl (C=O) groups excluding carboxylic acids is 2. The minimum absolute atomic E-state index is 0.0421. The molecule has 9 nitrogen and oxygen atoms in total. The first-order chi connectivity index (χ1) is 15.7. The summed E-state index contributed by atoms with van der Waals surface area (Å²) in [5, 5.41) is 13.8. The number of hydrogen-bond acceptors (Lipinski definition) is 7. The van der Waals surface area contributed by atoms with E-state index in [1.807, 2.05) is 23.1 Å². The highest BCUT2D eigenvalue weighted by atomic mass is 35.5. The second kappa shape index (κ2) is 9.49. The van der Waals surface area contributed by atoms with Crippen LogP contribution in [0.4, 0.5) is 13.9 Å². The Hall–Kier alpha value is -2.96. The van der Waals surface area contributed by atoms with Crippen molar-refractivity contribution in [3.8, 4) is 0 Å². The van der Waals surface area contributed by atoms with Gasteiger partial charge in [-0.3, -0.25) is 19.6 Å². The summed E-state index contributed by atoms with van der Waals surface area (Å²) in [6.45, 7) is 1.40. The minimum Gasteiger partial charge on any atom is -0.331 e. The van der Waals surface area contributed by atoms with Gasteiger partial charge in [-0.05, 0) is 25.7 Å². The SMILES string of the molecule is CN(C)Cc1c(C(=O)Nc2nnc(C(F)F)s2)nn2c1C(=O)N(Cc1ccccc1Cl)CC2. The fraction of sp³-hybridized carbons (Fsp3) is 0.350. The van der Waals surface area contributed by atoms with E-state index in [9.17, 15) is 18.4 Å². The summed E-state index contributed by atoms with van der Waals surface area (Å²) in [5.41, 5.74) is 1.63. The van der Waals surface area contributed by atoms with Crippen LogP contribution in [0.2, 0.25) is 5.02 Å². The molecule has 0 aliphatic carbocycles. The van der Waals surface area contributed by atoms with E-state index in [0.717, 1.165) is 5.56 Å². The molecule has 0 spiro atoms. The Labute approximate surface area is 197 Å². The van der Waals surface area contributed by atoms with Gasteiger partial charge in [-0.1, -0.05) is 41.1 Å². The molecular formula is C20H20ClF2N7O2S. The lowest BCUT2D eigenvalue weighted by molar-refractivity contribution is 0.0681. The monoisotopic (exact) mass is 495 g/mol. The van der Waals surface area contributed by atoms with Crippen molar-refractivity contribution in [2.24, 2.45) is 0 Å². The quantitative estimate of drug-likeness (QED) is 0.540. The number of hydrogen-bond donors (Lipinski definition) is 1. The molecule has 0 radical (unpaired) electrons. The van der Waals surface area contributed by atoms with Gasteiger partial charge >= 0.3 is 0 Å². The van der Waals surface area contributed by atoms with Crippen LogP contribution in [-0.4, -0.2) is 62.2 Å². The minimum atomic E-state index is -2.78. The Balaban J connectivity index is 1.63. The van der Waals surface area contributed by atoms with Gasteiger partial charge in [0.15, 0.2) is 10.7 Å². The van der Waals surface area contributed by atoms with Gasteiger partial charge in [0.25, 0.3) is 18.2 Å². The lowest BCUT2D eigenvalue weighted by atomic mass is 10.1. The number of anilines is 1. The van der Waals surface area contributed by atoms with Crippen molar-refractivity contribution in [2.45, 2.75) is 26.1 Å². The van der Waals surface area contributed by atoms with Crippen LogP contribution in [0.15, 0.2) is 24.3 Å². The van der Waals surface area contributed by atoms with Crippen molar-refractivity contribution in [3.63, 3.8) is 0 Å². The molecule has 0 atom stereocenters. The third-order valence-corrected chi connectivity index (χ3v) is 6.19. The summed E-state index contributed by atoms with van der Waals surface area (Å²) in [4.78, 5) is 29.8. The van der Waals surface area contributed by atoms with Crippen LogP contribution in [0.5, 0.6) is 0 Å². The first kappa shape index (κ1) is 23.2. The highest BCUT2D eigenvalue weighted by molar-refractivity contribution is 7.15. The van der Waals surface area contributed by atoms with Crippen LogP contribution in [0.3, 0.4) is 0 Å². The molecule has 0 bridgehead atoms. The molecule has 1 aliphatic rings. The molecule has 1 N–H and O–H groups in total. The second-order valence-corrected chi connectivity index (χ2v) is 9.07. The summed E-state index contributed by atoms with van der Waals surface area (Å²) in [7, 11) is 3.61. The number of nitrogens with zero attached hydrogens (tertiary/aromatic N) is 6. The van der Waals surface area contributed by atoms with Crippen molar-refractivity contribution >= 4 is 39.9 Å². The van der Waals surface area contributed by atoms with E-state index < -0.39 is 17.3 Å². The predicted molar refractivity (Wildman–Crippen MR) is 119 cm³/mol. The summed E-state index contributed by atoms with van der Waals surface area (Å²) >= 11 is 6.85. The number of amides is 2. The van der Waals surface area contributed by atoms with E-state index in [4.69, 9.17) is 11.6 Å². The zero-order valence-electron chi connectivity index (χ0n) is 17.8. The zero-order chi connectivity index (χ0) is 23.7. The van der Waals surface area contributed by atoms with Crippen LogP contribution in [0.25, 0.3) is 0 Å². The average Bonchev–Trinajstić information content (AvgIpc) is 3.36. The van der Waals surface area contributed by atoms with Crippen molar-refractivity contribution in [2.75, 3.05) is 26.0 Å². The Bertz CT molecular complexity index is 1200. The molecule has 2 amide bonds. The molecule has 13 heteroatoms. The Morgan fingerprint density at radius 2 is 2.03 bits per heavy atom. The van der Waals surface area contributed by atoms with Gasteiger partial charge in [-0.15, -0.1) is 10.2 Å². The molecular weight excluding hydrogens is 476 g/mol. The van der Waals surface area contributed by atoms with Gasteiger partial charge in [-0.2, -0.15) is 5.10 Å². The third kappa shape index (κ3) is 4.87. The second-order valence-electron chi connectivity index (χ2n) is 7.66. The number of alkyl halides is 2. The van der Waals surface area contributed by atoms with E-state index in [1.165, 1.54) is 4.68 Å². The highest BCUT2D eigenvalue weighted by Crippen LogP contribution is 2.28. The van der Waals surface area contributed by atoms with E-state index in [2.05, 4.69) is 20.6 Å². The number of benzene rings is 1. The summed E-state index contributed by atoms with van der Waals surface area (Å²) in [5.74, 6) is -0.906. The van der Waals surface area contributed by atoms with Crippen LogP contribution in [-0.2, 0) is 19.6 Å². The van der Waals surface area contributed by atoms with Gasteiger partial charge in [0.2, 0.25) is 5.13 Å². The van der Waals surface area contributed by atoms with E-state index in [-0.39, 0.29) is 23.3 Å². The maximum absolute atomic E-state index is 13.4. The lowest BCUT2D eigenvalue weighted by Gasteiger charge is -2.28. The highest BCUT2D eigenvalue weighted by Gasteiger charge is 2.34. The molecule has 4 rings (SSSR count). The van der Waals surface area contributed by atoms with E-state index >= 15 is 0 Å². The van der Waals surface area contributed by atoms with Crippen LogP contribution in [0, 0.1) is 0 Å². The molecule has 33 heavy (non-hydrogen) atoms. The third-order valence-electron chi connectivity index (χ3n) is 4.98. The van der Waals surface area contributed by atoms with E-state index in [1.54, 1.807) is 25.1 Å². The van der Waals surface area contributed by atoms with Gasteiger partial charge < -0.3 is 9.80 Å². The van der Waals surface area contributed by atoms with Crippen LogP contribution < -0.4 is 5.32 Å². The number of carbonyl (C=O) groups is 2. The predicted octanol–water partition coefficient (Wildman–Crippen LogP) is 3.30. The lowest BCUT2D eigenvalue weighted by Crippen LogP contribution is -2.40. The zero-order valence-corrected chi connectivity index (χ0v) is 19.3. The Morgan fingerprint density at radius 1 is 1.27 bits per heavy atom. The normalized spacial score (nSPS) is 13.7. The molecule has 2 aromatic heterocycles. The maximum atomic E-state index is 13.4. The molecule has 0 fully saturated rings. The number of rotatable bonds is 7. The fourth-order valence-electron chi connectivity index (χ4n) is 3.53. The molecule has 174 valence electrons. The smallest absolute Gasteiger partial charge is 0.291 e. The summed E-state index contributed by atoms with van der Waals surface area (Å²) in [6, 6.07) is 7.30. The largest absolute Gasteiger partial charge is 0.331 e. The van der Waals surface area contributed by atoms with Crippen LogP contribution >= 0.6 is 22.9 Å². The van der Waals surface area contributed by atoms with Crippen molar-refractivity contribution < 1.29 is 18.4 Å². The first-order valence-corrected chi connectivity index (χ1v) is 11.1. The molecule has 3 aromatic rings. The first-order valence-electron chi connectivity index (χ1n) is 9.94. The molecule has 0 saturated carbocycles. The number of nitrogens with one attached hydrogen (secondary N) is 1. The molecule has 0 saturated heterocycles. The molecule has 1 aliphatic heterocycles. The Morgan fingerprint density at radius 3 is 2.70 bits per heavy atom. The summed E-state index contributed by atoms with van der Waals surface area (Å²) < 4.78 is 27.1.